The lowest BCUT2D eigenvalue weighted by Gasteiger charge is -2.08. The second-order valence-electron chi connectivity index (χ2n) is 5.81. The van der Waals surface area contributed by atoms with Crippen LogP contribution in [0.15, 0.2) is 65.0 Å². The Hall–Kier alpha value is -2.71. The largest absolute Gasteiger partial charge is 0.490 e. The van der Waals surface area contributed by atoms with Gasteiger partial charge in [-0.05, 0) is 53.7 Å². The van der Waals surface area contributed by atoms with Crippen LogP contribution in [-0.2, 0) is 11.0 Å². The highest BCUT2D eigenvalue weighted by atomic mass is 35.5. The van der Waals surface area contributed by atoms with Gasteiger partial charge in [0.25, 0.3) is 5.91 Å². The highest BCUT2D eigenvalue weighted by Gasteiger charge is 2.31. The van der Waals surface area contributed by atoms with Crippen molar-refractivity contribution in [2.45, 2.75) is 6.18 Å². The van der Waals surface area contributed by atoms with E-state index < -0.39 is 17.6 Å². The third kappa shape index (κ3) is 5.42. The van der Waals surface area contributed by atoms with Crippen molar-refractivity contribution in [3.05, 3.63) is 76.2 Å². The number of nitrogens with one attached hydrogen (secondary N) is 1. The molecule has 0 atom stereocenters. The number of carbonyl (C=O) groups is 1. The van der Waals surface area contributed by atoms with Gasteiger partial charge in [0.15, 0.2) is 5.17 Å². The maximum atomic E-state index is 12.9. The fourth-order valence-electron chi connectivity index (χ4n) is 2.33. The predicted molar refractivity (Wildman–Crippen MR) is 109 cm³/mol. The minimum absolute atomic E-state index is 0.0490. The summed E-state index contributed by atoms with van der Waals surface area (Å²) >= 11 is 6.96. The van der Waals surface area contributed by atoms with E-state index in [1.54, 1.807) is 36.4 Å². The summed E-state index contributed by atoms with van der Waals surface area (Å²) in [5, 5.41) is 2.72. The Bertz CT molecular complexity index is 1000. The predicted octanol–water partition coefficient (Wildman–Crippen LogP) is 5.82. The fraction of sp³-hybridized carbons (Fsp3) is 0.100. The van der Waals surface area contributed by atoms with Crippen molar-refractivity contribution in [3.8, 4) is 5.75 Å². The van der Waals surface area contributed by atoms with Gasteiger partial charge in [-0.3, -0.25) is 4.79 Å². The van der Waals surface area contributed by atoms with Crippen LogP contribution in [0.2, 0.25) is 5.02 Å². The van der Waals surface area contributed by atoms with Crippen LogP contribution in [0.5, 0.6) is 5.75 Å². The SMILES string of the molecule is C=CCOc1ccc(/C=C2\SC(=Nc3cc(C(F)(F)F)ccc3Cl)NC2=O)cc1. The number of aliphatic imine (C=N–C) groups is 1. The van der Waals surface area contributed by atoms with Crippen molar-refractivity contribution in [1.82, 2.24) is 5.32 Å². The molecule has 0 bridgehead atoms. The third-order valence-corrected chi connectivity index (χ3v) is 4.92. The fourth-order valence-corrected chi connectivity index (χ4v) is 3.33. The normalized spacial score (nSPS) is 16.9. The number of carbonyl (C=O) groups excluding carboxylic acids is 1. The summed E-state index contributed by atoms with van der Waals surface area (Å²) < 4.78 is 44.1. The number of hydrogen-bond acceptors (Lipinski definition) is 4. The first kappa shape index (κ1) is 21.0. The number of hydrogen-bond donors (Lipinski definition) is 1. The van der Waals surface area contributed by atoms with Crippen LogP contribution < -0.4 is 10.1 Å². The van der Waals surface area contributed by atoms with Crippen molar-refractivity contribution in [3.63, 3.8) is 0 Å². The number of amidine groups is 1. The Labute approximate surface area is 174 Å². The summed E-state index contributed by atoms with van der Waals surface area (Å²) in [7, 11) is 0. The monoisotopic (exact) mass is 438 g/mol. The number of benzene rings is 2. The number of halogens is 4. The lowest BCUT2D eigenvalue weighted by Crippen LogP contribution is -2.19. The maximum absolute atomic E-state index is 12.9. The highest BCUT2D eigenvalue weighted by molar-refractivity contribution is 8.18. The van der Waals surface area contributed by atoms with Gasteiger partial charge in [-0.2, -0.15) is 13.2 Å². The summed E-state index contributed by atoms with van der Waals surface area (Å²) in [6.07, 6.45) is -1.24. The van der Waals surface area contributed by atoms with Crippen LogP contribution in [0.3, 0.4) is 0 Å². The summed E-state index contributed by atoms with van der Waals surface area (Å²) in [6, 6.07) is 9.90. The Balaban J connectivity index is 1.79. The molecule has 1 aliphatic heterocycles. The molecule has 150 valence electrons. The van der Waals surface area contributed by atoms with Gasteiger partial charge in [0, 0.05) is 0 Å². The minimum Gasteiger partial charge on any atom is -0.490 e. The second-order valence-corrected chi connectivity index (χ2v) is 7.25. The number of ether oxygens (including phenoxy) is 1. The zero-order chi connectivity index (χ0) is 21.0. The van der Waals surface area contributed by atoms with Crippen LogP contribution in [0.4, 0.5) is 18.9 Å². The molecule has 1 aliphatic rings. The van der Waals surface area contributed by atoms with E-state index in [2.05, 4.69) is 16.9 Å². The first-order valence-electron chi connectivity index (χ1n) is 8.26. The topological polar surface area (TPSA) is 50.7 Å². The molecule has 3 rings (SSSR count). The molecule has 0 aliphatic carbocycles. The molecule has 0 aromatic heterocycles. The highest BCUT2D eigenvalue weighted by Crippen LogP contribution is 2.36. The minimum atomic E-state index is -4.52. The van der Waals surface area contributed by atoms with Crippen molar-refractivity contribution in [2.24, 2.45) is 4.99 Å². The lowest BCUT2D eigenvalue weighted by atomic mass is 10.2. The van der Waals surface area contributed by atoms with E-state index in [1.165, 1.54) is 0 Å². The van der Waals surface area contributed by atoms with Gasteiger partial charge in [0.05, 0.1) is 21.2 Å². The third-order valence-electron chi connectivity index (χ3n) is 3.69. The Morgan fingerprint density at radius 2 is 1.93 bits per heavy atom. The molecule has 1 amide bonds. The molecule has 2 aromatic rings. The quantitative estimate of drug-likeness (QED) is 0.473. The van der Waals surface area contributed by atoms with Gasteiger partial charge >= 0.3 is 6.18 Å². The van der Waals surface area contributed by atoms with E-state index in [-0.39, 0.29) is 15.9 Å². The number of rotatable bonds is 5. The Morgan fingerprint density at radius 3 is 2.59 bits per heavy atom. The number of alkyl halides is 3. The summed E-state index contributed by atoms with van der Waals surface area (Å²) in [4.78, 5) is 16.6. The summed E-state index contributed by atoms with van der Waals surface area (Å²) in [6.45, 7) is 3.96. The molecule has 1 fully saturated rings. The van der Waals surface area contributed by atoms with Crippen LogP contribution >= 0.6 is 23.4 Å². The van der Waals surface area contributed by atoms with E-state index >= 15 is 0 Å². The first-order valence-corrected chi connectivity index (χ1v) is 9.46. The zero-order valence-electron chi connectivity index (χ0n) is 14.8. The summed E-state index contributed by atoms with van der Waals surface area (Å²) in [5.74, 6) is 0.265. The lowest BCUT2D eigenvalue weighted by molar-refractivity contribution is -0.137. The van der Waals surface area contributed by atoms with Gasteiger partial charge in [0.1, 0.15) is 12.4 Å². The first-order chi connectivity index (χ1) is 13.8. The second kappa shape index (κ2) is 8.75. The van der Waals surface area contributed by atoms with Crippen molar-refractivity contribution >= 4 is 46.2 Å². The molecule has 1 saturated heterocycles. The zero-order valence-corrected chi connectivity index (χ0v) is 16.4. The molecule has 1 heterocycles. The average molecular weight is 439 g/mol. The van der Waals surface area contributed by atoms with E-state index in [1.807, 2.05) is 0 Å². The van der Waals surface area contributed by atoms with Crippen molar-refractivity contribution in [2.75, 3.05) is 6.61 Å². The van der Waals surface area contributed by atoms with Crippen LogP contribution in [0, 0.1) is 0 Å². The maximum Gasteiger partial charge on any atom is 0.416 e. The molecule has 0 spiro atoms. The van der Waals surface area contributed by atoms with Crippen molar-refractivity contribution in [1.29, 1.82) is 0 Å². The molecule has 2 aromatic carbocycles. The van der Waals surface area contributed by atoms with Gasteiger partial charge in [-0.1, -0.05) is 36.4 Å². The Kier molecular flexibility index (Phi) is 6.34. The molecule has 0 unspecified atom stereocenters. The number of thioether (sulfide) groups is 1. The summed E-state index contributed by atoms with van der Waals surface area (Å²) in [5.41, 5.74) is -0.189. The van der Waals surface area contributed by atoms with Crippen molar-refractivity contribution < 1.29 is 22.7 Å². The average Bonchev–Trinajstić information content (AvgIpc) is 3.01. The van der Waals surface area contributed by atoms with Gasteiger partial charge in [0.2, 0.25) is 0 Å². The standard InChI is InChI=1S/C20H14ClF3N2O2S/c1-2-9-28-14-6-3-12(4-7-14)10-17-18(27)26-19(29-17)25-16-11-13(20(22,23)24)5-8-15(16)21/h2-8,10-11H,1,9H2,(H,25,26,27)/b17-10-. The van der Waals surface area contributed by atoms with E-state index in [9.17, 15) is 18.0 Å². The van der Waals surface area contributed by atoms with E-state index in [0.29, 0.717) is 17.3 Å². The van der Waals surface area contributed by atoms with Gasteiger partial charge in [-0.15, -0.1) is 0 Å². The van der Waals surface area contributed by atoms with Crippen LogP contribution in [-0.4, -0.2) is 17.7 Å². The molecule has 29 heavy (non-hydrogen) atoms. The molecule has 4 nitrogen and oxygen atoms in total. The smallest absolute Gasteiger partial charge is 0.416 e. The van der Waals surface area contributed by atoms with Gasteiger partial charge < -0.3 is 10.1 Å². The number of amides is 1. The Morgan fingerprint density at radius 1 is 1.21 bits per heavy atom. The molecule has 0 saturated carbocycles. The van der Waals surface area contributed by atoms with Gasteiger partial charge in [-0.25, -0.2) is 4.99 Å². The molecular formula is C20H14ClF3N2O2S. The van der Waals surface area contributed by atoms with E-state index in [0.717, 1.165) is 35.5 Å². The molecule has 0 radical (unpaired) electrons. The molecule has 9 heteroatoms. The molecular weight excluding hydrogens is 425 g/mol. The van der Waals surface area contributed by atoms with Crippen LogP contribution in [0.1, 0.15) is 11.1 Å². The number of nitrogens with zero attached hydrogens (tertiary/aromatic N) is 1. The van der Waals surface area contributed by atoms with E-state index in [4.69, 9.17) is 16.3 Å². The van der Waals surface area contributed by atoms with Crippen LogP contribution in [0.25, 0.3) is 6.08 Å². The molecule has 1 N–H and O–H groups in total.